The first-order valence-electron chi connectivity index (χ1n) is 10.1. The van der Waals surface area contributed by atoms with Crippen LogP contribution in [0.4, 0.5) is 16.0 Å². The minimum Gasteiger partial charge on any atom is -0.477 e. The number of hydrogen-bond acceptors (Lipinski definition) is 7. The number of fused-ring (bicyclic) bond motifs is 1. The number of aromatic amines is 1. The van der Waals surface area contributed by atoms with E-state index in [2.05, 4.69) is 30.3 Å². The molecule has 0 radical (unpaired) electrons. The molecule has 0 amide bonds. The van der Waals surface area contributed by atoms with Crippen LogP contribution in [0.25, 0.3) is 11.0 Å². The third kappa shape index (κ3) is 3.59. The molecule has 2 N–H and O–H groups in total. The van der Waals surface area contributed by atoms with Crippen LogP contribution in [-0.4, -0.2) is 74.8 Å². The number of H-pyrrole nitrogens is 1. The van der Waals surface area contributed by atoms with Gasteiger partial charge in [0.1, 0.15) is 11.8 Å². The Morgan fingerprint density at radius 1 is 1.33 bits per heavy atom. The fourth-order valence-electron chi connectivity index (χ4n) is 3.98. The van der Waals surface area contributed by atoms with Gasteiger partial charge in [0, 0.05) is 25.7 Å². The van der Waals surface area contributed by atoms with Crippen molar-refractivity contribution in [2.45, 2.75) is 31.6 Å². The van der Waals surface area contributed by atoms with Gasteiger partial charge in [-0.1, -0.05) is 11.6 Å². The first-order valence-corrected chi connectivity index (χ1v) is 10.4. The molecule has 3 aromatic heterocycles. The summed E-state index contributed by atoms with van der Waals surface area (Å²) in [6.45, 7) is 4.81. The molecule has 0 saturated carbocycles. The molecule has 9 nitrogen and oxygen atoms in total. The first-order chi connectivity index (χ1) is 14.6. The molecule has 2 saturated heterocycles. The van der Waals surface area contributed by atoms with Crippen LogP contribution in [0.5, 0.6) is 5.88 Å². The molecule has 2 fully saturated rings. The molecule has 5 heterocycles. The fourth-order valence-corrected chi connectivity index (χ4v) is 4.25. The highest BCUT2D eigenvalue weighted by Crippen LogP contribution is 2.33. The van der Waals surface area contributed by atoms with Gasteiger partial charge in [-0.2, -0.15) is 15.1 Å². The molecule has 0 bridgehead atoms. The van der Waals surface area contributed by atoms with E-state index in [1.54, 1.807) is 17.1 Å². The predicted octanol–water partition coefficient (Wildman–Crippen LogP) is 2.93. The van der Waals surface area contributed by atoms with Crippen molar-refractivity contribution in [1.29, 1.82) is 0 Å². The highest BCUT2D eigenvalue weighted by atomic mass is 35.5. The Morgan fingerprint density at radius 3 is 2.97 bits per heavy atom. The van der Waals surface area contributed by atoms with E-state index in [-0.39, 0.29) is 12.1 Å². The number of nitrogens with zero attached hydrogens (tertiary/aromatic N) is 5. The van der Waals surface area contributed by atoms with E-state index >= 15 is 0 Å². The molecular formula is C19H23ClFN7O2. The van der Waals surface area contributed by atoms with Gasteiger partial charge in [0.25, 0.3) is 0 Å². The van der Waals surface area contributed by atoms with Crippen LogP contribution in [0, 0.1) is 0 Å². The molecule has 30 heavy (non-hydrogen) atoms. The van der Waals surface area contributed by atoms with Crippen LogP contribution >= 0.6 is 11.6 Å². The van der Waals surface area contributed by atoms with E-state index in [1.165, 1.54) is 0 Å². The van der Waals surface area contributed by atoms with Crippen LogP contribution in [0.15, 0.2) is 18.5 Å². The number of alkyl halides is 1. The van der Waals surface area contributed by atoms with Gasteiger partial charge in [0.05, 0.1) is 49.2 Å². The van der Waals surface area contributed by atoms with E-state index < -0.39 is 6.17 Å². The van der Waals surface area contributed by atoms with Gasteiger partial charge in [0.2, 0.25) is 11.8 Å². The lowest BCUT2D eigenvalue weighted by molar-refractivity contribution is -0.0855. The molecule has 5 rings (SSSR count). The molecule has 0 aliphatic carbocycles. The van der Waals surface area contributed by atoms with Crippen molar-refractivity contribution in [3.8, 4) is 5.88 Å². The number of aromatic nitrogens is 5. The van der Waals surface area contributed by atoms with Crippen LogP contribution in [0.3, 0.4) is 0 Å². The monoisotopic (exact) mass is 435 g/mol. The summed E-state index contributed by atoms with van der Waals surface area (Å²) in [5, 5.41) is 8.74. The highest BCUT2D eigenvalue weighted by molar-refractivity contribution is 6.32. The Bertz CT molecular complexity index is 1040. The van der Waals surface area contributed by atoms with Crippen molar-refractivity contribution >= 4 is 34.3 Å². The number of ether oxygens (including phenoxy) is 2. The second kappa shape index (κ2) is 8.01. The second-order valence-corrected chi connectivity index (χ2v) is 7.93. The van der Waals surface area contributed by atoms with Gasteiger partial charge in [0.15, 0.2) is 5.15 Å². The lowest BCUT2D eigenvalue weighted by atomic mass is 10.0. The lowest BCUT2D eigenvalue weighted by Crippen LogP contribution is -2.55. The molecular weight excluding hydrogens is 413 g/mol. The molecule has 1 unspecified atom stereocenters. The Labute approximate surface area is 177 Å². The number of rotatable bonds is 6. The number of piperidine rings is 1. The number of halogens is 2. The van der Waals surface area contributed by atoms with Gasteiger partial charge in [-0.3, -0.25) is 4.90 Å². The number of hydrogen-bond donors (Lipinski definition) is 2. The maximum atomic E-state index is 14.4. The first kappa shape index (κ1) is 19.5. The minimum atomic E-state index is -0.923. The maximum Gasteiger partial charge on any atom is 0.232 e. The molecule has 11 heteroatoms. The van der Waals surface area contributed by atoms with E-state index in [0.29, 0.717) is 67.6 Å². The van der Waals surface area contributed by atoms with Crippen molar-refractivity contribution in [2.24, 2.45) is 0 Å². The number of anilines is 2. The predicted molar refractivity (Wildman–Crippen MR) is 110 cm³/mol. The fraction of sp³-hybridized carbons (Fsp3) is 0.526. The Kier molecular flexibility index (Phi) is 5.21. The zero-order valence-corrected chi connectivity index (χ0v) is 17.3. The van der Waals surface area contributed by atoms with Crippen molar-refractivity contribution in [3.05, 3.63) is 23.6 Å². The average molecular weight is 436 g/mol. The molecule has 160 valence electrons. The van der Waals surface area contributed by atoms with Crippen LogP contribution < -0.4 is 10.1 Å². The van der Waals surface area contributed by atoms with E-state index in [9.17, 15) is 4.39 Å². The smallest absolute Gasteiger partial charge is 0.232 e. The minimum absolute atomic E-state index is 0.150. The standard InChI is InChI=1S/C19H23ClFN7O2/c1-2-30-18-14-3-4-22-17(14)25-19(26-18)24-15-6-23-28(16(15)20)12-5-11(21)7-27(8-12)13-9-29-10-13/h3-4,6,11-13H,2,5,7-10H2,1H3,(H2,22,24,25,26)/t11?,12-/m0/s1. The molecule has 3 aromatic rings. The zero-order valence-electron chi connectivity index (χ0n) is 16.5. The van der Waals surface area contributed by atoms with Gasteiger partial charge >= 0.3 is 0 Å². The SMILES string of the molecule is CCOc1nc(Nc2cnn([C@H]3CC(F)CN(C4COC4)C3)c2Cl)nc2[nH]ccc12. The highest BCUT2D eigenvalue weighted by Gasteiger charge is 2.36. The lowest BCUT2D eigenvalue weighted by Gasteiger charge is -2.43. The van der Waals surface area contributed by atoms with Crippen LogP contribution in [0.2, 0.25) is 5.15 Å². The summed E-state index contributed by atoms with van der Waals surface area (Å²) in [4.78, 5) is 14.1. The van der Waals surface area contributed by atoms with Crippen molar-refractivity contribution in [1.82, 2.24) is 29.6 Å². The van der Waals surface area contributed by atoms with E-state index in [1.807, 2.05) is 13.0 Å². The van der Waals surface area contributed by atoms with Crippen LogP contribution in [-0.2, 0) is 4.74 Å². The maximum absolute atomic E-state index is 14.4. The van der Waals surface area contributed by atoms with Crippen molar-refractivity contribution in [2.75, 3.05) is 38.2 Å². The summed E-state index contributed by atoms with van der Waals surface area (Å²) >= 11 is 6.61. The Morgan fingerprint density at radius 2 is 2.20 bits per heavy atom. The molecule has 2 aliphatic heterocycles. The Balaban J connectivity index is 1.38. The molecule has 0 spiro atoms. The van der Waals surface area contributed by atoms with Gasteiger partial charge in [-0.05, 0) is 13.0 Å². The summed E-state index contributed by atoms with van der Waals surface area (Å²) in [5.74, 6) is 0.829. The topological polar surface area (TPSA) is 93.1 Å². The second-order valence-electron chi connectivity index (χ2n) is 7.58. The average Bonchev–Trinajstić information content (AvgIpc) is 3.27. The summed E-state index contributed by atoms with van der Waals surface area (Å²) in [7, 11) is 0. The van der Waals surface area contributed by atoms with Crippen molar-refractivity contribution in [3.63, 3.8) is 0 Å². The van der Waals surface area contributed by atoms with E-state index in [4.69, 9.17) is 21.1 Å². The summed E-state index contributed by atoms with van der Waals surface area (Å²) < 4.78 is 27.0. The van der Waals surface area contributed by atoms with E-state index in [0.717, 1.165) is 5.39 Å². The summed E-state index contributed by atoms with van der Waals surface area (Å²) in [6.07, 6.45) is 2.85. The number of nitrogens with one attached hydrogen (secondary N) is 2. The third-order valence-corrected chi connectivity index (χ3v) is 5.91. The zero-order chi connectivity index (χ0) is 20.7. The molecule has 2 atom stereocenters. The van der Waals surface area contributed by atoms with Gasteiger partial charge in [-0.25, -0.2) is 9.07 Å². The normalized spacial score (nSPS) is 22.9. The summed E-state index contributed by atoms with van der Waals surface area (Å²) in [5.41, 5.74) is 1.22. The van der Waals surface area contributed by atoms with Crippen molar-refractivity contribution < 1.29 is 13.9 Å². The van der Waals surface area contributed by atoms with Gasteiger partial charge in [-0.15, -0.1) is 0 Å². The van der Waals surface area contributed by atoms with Crippen LogP contribution in [0.1, 0.15) is 19.4 Å². The van der Waals surface area contributed by atoms with Gasteiger partial charge < -0.3 is 19.8 Å². The molecule has 2 aliphatic rings. The largest absolute Gasteiger partial charge is 0.477 e. The number of likely N-dealkylation sites (tertiary alicyclic amines) is 1. The quantitative estimate of drug-likeness (QED) is 0.614. The Hall–Kier alpha value is -2.43. The third-order valence-electron chi connectivity index (χ3n) is 5.53. The summed E-state index contributed by atoms with van der Waals surface area (Å²) in [6, 6.07) is 1.99. The molecule has 0 aromatic carbocycles.